The van der Waals surface area contributed by atoms with Gasteiger partial charge in [0.05, 0.1) is 5.52 Å². The van der Waals surface area contributed by atoms with E-state index in [0.717, 1.165) is 5.56 Å². The normalized spacial score (nSPS) is 12.1. The Hall–Kier alpha value is -1.19. The molecule has 0 radical (unpaired) electrons. The molecule has 0 atom stereocenters. The fourth-order valence-electron chi connectivity index (χ4n) is 1.74. The highest BCUT2D eigenvalue weighted by Crippen LogP contribution is 2.33. The zero-order valence-electron chi connectivity index (χ0n) is 10.3. The fourth-order valence-corrected chi connectivity index (χ4v) is 2.21. The third-order valence-electron chi connectivity index (χ3n) is 2.87. The van der Waals surface area contributed by atoms with Gasteiger partial charge in [-0.05, 0) is 23.1 Å². The van der Waals surface area contributed by atoms with Crippen LogP contribution in [0, 0.1) is 0 Å². The largest absolute Gasteiger partial charge is 0.505 e. The lowest BCUT2D eigenvalue weighted by molar-refractivity contribution is 0.474. The number of hydrogen-bond donors (Lipinski definition) is 1. The minimum atomic E-state index is -0.478. The van der Waals surface area contributed by atoms with Crippen LogP contribution in [0.5, 0.6) is 5.75 Å². The van der Waals surface area contributed by atoms with E-state index in [0.29, 0.717) is 5.52 Å². The van der Waals surface area contributed by atoms with Gasteiger partial charge in [-0.2, -0.15) is 0 Å². The van der Waals surface area contributed by atoms with Gasteiger partial charge < -0.3 is 5.11 Å². The average Bonchev–Trinajstić information content (AvgIpc) is 2.32. The highest BCUT2D eigenvalue weighted by atomic mass is 35.5. The van der Waals surface area contributed by atoms with Crippen LogP contribution in [0.4, 0.5) is 0 Å². The summed E-state index contributed by atoms with van der Waals surface area (Å²) in [6, 6.07) is 3.64. The molecular formula is C13H13Cl2NO2. The molecule has 0 aliphatic carbocycles. The third-order valence-corrected chi connectivity index (χ3v) is 3.58. The lowest BCUT2D eigenvalue weighted by atomic mass is 9.87. The van der Waals surface area contributed by atoms with Crippen molar-refractivity contribution in [3.63, 3.8) is 0 Å². The van der Waals surface area contributed by atoms with Crippen molar-refractivity contribution in [2.45, 2.75) is 26.2 Å². The summed E-state index contributed by atoms with van der Waals surface area (Å²) in [4.78, 5) is 11.9. The van der Waals surface area contributed by atoms with Gasteiger partial charge in [-0.25, -0.2) is 0 Å². The molecule has 0 aliphatic rings. The third kappa shape index (κ3) is 1.98. The van der Waals surface area contributed by atoms with Crippen LogP contribution in [0.2, 0.25) is 10.0 Å². The molecule has 96 valence electrons. The van der Waals surface area contributed by atoms with E-state index in [4.69, 9.17) is 23.2 Å². The van der Waals surface area contributed by atoms with E-state index in [1.807, 2.05) is 6.07 Å². The number of aromatic nitrogens is 1. The average molecular weight is 286 g/mol. The van der Waals surface area contributed by atoms with Crippen molar-refractivity contribution in [1.82, 2.24) is 4.40 Å². The van der Waals surface area contributed by atoms with Crippen LogP contribution in [0.1, 0.15) is 26.3 Å². The second-order valence-corrected chi connectivity index (χ2v) is 5.96. The molecule has 5 heteroatoms. The highest BCUT2D eigenvalue weighted by molar-refractivity contribution is 6.39. The van der Waals surface area contributed by atoms with Crippen molar-refractivity contribution >= 4 is 28.7 Å². The molecule has 0 unspecified atom stereocenters. The molecule has 3 nitrogen and oxygen atoms in total. The molecule has 0 bridgehead atoms. The predicted molar refractivity (Wildman–Crippen MR) is 74.1 cm³/mol. The molecule has 0 amide bonds. The first kappa shape index (κ1) is 13.2. The quantitative estimate of drug-likeness (QED) is 0.803. The molecule has 2 aromatic rings. The SMILES string of the molecule is CC(C)(C)c1ccn2c(=O)c(Cl)c(O)c(Cl)c2c1. The molecule has 2 rings (SSSR count). The van der Waals surface area contributed by atoms with Crippen LogP contribution in [-0.2, 0) is 5.41 Å². The Labute approximate surface area is 115 Å². The number of nitrogens with zero attached hydrogens (tertiary/aromatic N) is 1. The summed E-state index contributed by atoms with van der Waals surface area (Å²) in [6.07, 6.45) is 1.62. The first-order valence-electron chi connectivity index (χ1n) is 5.46. The molecule has 0 fully saturated rings. The zero-order valence-corrected chi connectivity index (χ0v) is 11.8. The van der Waals surface area contributed by atoms with E-state index >= 15 is 0 Å². The molecule has 1 N–H and O–H groups in total. The molecule has 0 saturated carbocycles. The minimum Gasteiger partial charge on any atom is -0.505 e. The summed E-state index contributed by atoms with van der Waals surface area (Å²) in [7, 11) is 0. The van der Waals surface area contributed by atoms with Crippen LogP contribution < -0.4 is 5.56 Å². The number of rotatable bonds is 0. The Bertz CT molecular complexity index is 684. The Balaban J connectivity index is 2.91. The topological polar surface area (TPSA) is 41.7 Å². The van der Waals surface area contributed by atoms with Gasteiger partial charge in [0.15, 0.2) is 5.75 Å². The Morgan fingerprint density at radius 2 is 1.83 bits per heavy atom. The van der Waals surface area contributed by atoms with E-state index in [9.17, 15) is 9.90 Å². The van der Waals surface area contributed by atoms with Crippen LogP contribution in [0.15, 0.2) is 23.1 Å². The molecular weight excluding hydrogens is 273 g/mol. The standard InChI is InChI=1S/C13H13Cl2NO2/c1-13(2,3)7-4-5-16-8(6-7)9(14)11(17)10(15)12(16)18/h4-6,17H,1-3H3. The van der Waals surface area contributed by atoms with Gasteiger partial charge in [0.25, 0.3) is 5.56 Å². The minimum absolute atomic E-state index is 0.0730. The Kier molecular flexibility index (Phi) is 3.07. The van der Waals surface area contributed by atoms with Crippen molar-refractivity contribution in [2.24, 2.45) is 0 Å². The van der Waals surface area contributed by atoms with Gasteiger partial charge in [-0.15, -0.1) is 0 Å². The molecule has 0 aromatic carbocycles. The monoisotopic (exact) mass is 285 g/mol. The van der Waals surface area contributed by atoms with Crippen molar-refractivity contribution in [1.29, 1.82) is 0 Å². The van der Waals surface area contributed by atoms with E-state index in [-0.39, 0.29) is 21.2 Å². The number of halogens is 2. The maximum atomic E-state index is 11.9. The molecule has 0 aliphatic heterocycles. The van der Waals surface area contributed by atoms with E-state index in [1.54, 1.807) is 12.3 Å². The first-order valence-corrected chi connectivity index (χ1v) is 6.22. The molecule has 0 spiro atoms. The van der Waals surface area contributed by atoms with E-state index in [1.165, 1.54) is 4.40 Å². The van der Waals surface area contributed by atoms with Crippen LogP contribution >= 0.6 is 23.2 Å². The van der Waals surface area contributed by atoms with Gasteiger partial charge in [0, 0.05) is 6.20 Å². The van der Waals surface area contributed by atoms with Crippen molar-refractivity contribution in [3.05, 3.63) is 44.3 Å². The Morgan fingerprint density at radius 3 is 2.39 bits per heavy atom. The zero-order chi connectivity index (χ0) is 13.7. The molecule has 18 heavy (non-hydrogen) atoms. The van der Waals surface area contributed by atoms with Gasteiger partial charge in [0.1, 0.15) is 10.0 Å². The fraction of sp³-hybridized carbons (Fsp3) is 0.308. The summed E-state index contributed by atoms with van der Waals surface area (Å²) in [5.41, 5.74) is 0.923. The van der Waals surface area contributed by atoms with Crippen LogP contribution in [0.3, 0.4) is 0 Å². The lowest BCUT2D eigenvalue weighted by Crippen LogP contribution is -2.17. The summed E-state index contributed by atoms with van der Waals surface area (Å²) < 4.78 is 1.33. The maximum absolute atomic E-state index is 11.9. The van der Waals surface area contributed by atoms with Crippen LogP contribution in [0.25, 0.3) is 5.52 Å². The Morgan fingerprint density at radius 1 is 1.22 bits per heavy atom. The number of hydrogen-bond acceptors (Lipinski definition) is 2. The molecule has 0 saturated heterocycles. The first-order chi connectivity index (χ1) is 8.23. The smallest absolute Gasteiger partial charge is 0.277 e. The second kappa shape index (κ2) is 4.18. The van der Waals surface area contributed by atoms with Gasteiger partial charge in [0.2, 0.25) is 0 Å². The summed E-state index contributed by atoms with van der Waals surface area (Å²) in [5.74, 6) is -0.366. The lowest BCUT2D eigenvalue weighted by Gasteiger charge is -2.20. The molecule has 2 heterocycles. The molecule has 2 aromatic heterocycles. The summed E-state index contributed by atoms with van der Waals surface area (Å²) in [5, 5.41) is 9.53. The number of fused-ring (bicyclic) bond motifs is 1. The maximum Gasteiger partial charge on any atom is 0.277 e. The number of aromatic hydroxyl groups is 1. The van der Waals surface area contributed by atoms with Gasteiger partial charge in [-0.3, -0.25) is 9.20 Å². The predicted octanol–water partition coefficient (Wildman–Crippen LogP) is 3.61. The van der Waals surface area contributed by atoms with Gasteiger partial charge >= 0.3 is 0 Å². The number of pyridine rings is 2. The van der Waals surface area contributed by atoms with Crippen molar-refractivity contribution in [3.8, 4) is 5.75 Å². The van der Waals surface area contributed by atoms with E-state index in [2.05, 4.69) is 20.8 Å². The van der Waals surface area contributed by atoms with Crippen molar-refractivity contribution in [2.75, 3.05) is 0 Å². The van der Waals surface area contributed by atoms with E-state index < -0.39 is 5.56 Å². The van der Waals surface area contributed by atoms with Crippen LogP contribution in [-0.4, -0.2) is 9.51 Å². The summed E-state index contributed by atoms with van der Waals surface area (Å²) in [6.45, 7) is 6.17. The van der Waals surface area contributed by atoms with Crippen molar-refractivity contribution < 1.29 is 5.11 Å². The van der Waals surface area contributed by atoms with Gasteiger partial charge in [-0.1, -0.05) is 44.0 Å². The summed E-state index contributed by atoms with van der Waals surface area (Å²) >= 11 is 11.8. The second-order valence-electron chi connectivity index (χ2n) is 5.20. The highest BCUT2D eigenvalue weighted by Gasteiger charge is 2.18.